The average Bonchev–Trinajstić information content (AvgIpc) is 2.26. The summed E-state index contributed by atoms with van der Waals surface area (Å²) in [6, 6.07) is 6.91. The standard InChI is InChI=1S/C13H12O3/c1-7-11(8(2)14)13(16)10-6-4-3-5-9(10)12(7)15/h3-6,15-16H,1-2H3. The van der Waals surface area contributed by atoms with Gasteiger partial charge in [0.25, 0.3) is 0 Å². The fraction of sp³-hybridized carbons (Fsp3) is 0.154. The number of fused-ring (bicyclic) bond motifs is 1. The molecule has 0 saturated carbocycles. The maximum Gasteiger partial charge on any atom is 0.163 e. The number of hydrogen-bond acceptors (Lipinski definition) is 3. The number of aromatic hydroxyl groups is 2. The van der Waals surface area contributed by atoms with Gasteiger partial charge in [0.15, 0.2) is 5.78 Å². The Labute approximate surface area is 93.0 Å². The monoisotopic (exact) mass is 216 g/mol. The van der Waals surface area contributed by atoms with Crippen molar-refractivity contribution < 1.29 is 15.0 Å². The molecule has 3 heteroatoms. The van der Waals surface area contributed by atoms with Crippen LogP contribution >= 0.6 is 0 Å². The summed E-state index contributed by atoms with van der Waals surface area (Å²) in [6.45, 7) is 2.99. The van der Waals surface area contributed by atoms with Gasteiger partial charge < -0.3 is 10.2 Å². The predicted octanol–water partition coefficient (Wildman–Crippen LogP) is 2.76. The van der Waals surface area contributed by atoms with Crippen LogP contribution in [-0.2, 0) is 0 Å². The Kier molecular flexibility index (Phi) is 2.31. The third kappa shape index (κ3) is 1.33. The Balaban J connectivity index is 3.00. The number of Topliss-reactive ketones (excluding diaryl/α,β-unsaturated/α-hetero) is 1. The fourth-order valence-electron chi connectivity index (χ4n) is 1.96. The molecule has 2 rings (SSSR count). The molecule has 0 radical (unpaired) electrons. The van der Waals surface area contributed by atoms with Gasteiger partial charge in [-0.25, -0.2) is 0 Å². The van der Waals surface area contributed by atoms with Gasteiger partial charge in [0, 0.05) is 16.3 Å². The summed E-state index contributed by atoms with van der Waals surface area (Å²) in [5.41, 5.74) is 0.611. The van der Waals surface area contributed by atoms with E-state index in [-0.39, 0.29) is 22.8 Å². The van der Waals surface area contributed by atoms with Crippen molar-refractivity contribution in [1.82, 2.24) is 0 Å². The molecular formula is C13H12O3. The van der Waals surface area contributed by atoms with E-state index < -0.39 is 0 Å². The Bertz CT molecular complexity index is 585. The molecule has 82 valence electrons. The average molecular weight is 216 g/mol. The lowest BCUT2D eigenvalue weighted by atomic mass is 9.96. The number of benzene rings is 2. The van der Waals surface area contributed by atoms with Crippen LogP contribution in [0.25, 0.3) is 10.8 Å². The van der Waals surface area contributed by atoms with Crippen molar-refractivity contribution in [3.63, 3.8) is 0 Å². The smallest absolute Gasteiger partial charge is 0.163 e. The van der Waals surface area contributed by atoms with E-state index in [1.54, 1.807) is 31.2 Å². The molecule has 0 unspecified atom stereocenters. The topological polar surface area (TPSA) is 57.5 Å². The lowest BCUT2D eigenvalue weighted by Crippen LogP contribution is -1.98. The molecule has 2 N–H and O–H groups in total. The second kappa shape index (κ2) is 3.52. The lowest BCUT2D eigenvalue weighted by Gasteiger charge is -2.11. The van der Waals surface area contributed by atoms with Crippen LogP contribution in [0.2, 0.25) is 0 Å². The van der Waals surface area contributed by atoms with Crippen molar-refractivity contribution in [3.05, 3.63) is 35.4 Å². The van der Waals surface area contributed by atoms with Crippen molar-refractivity contribution in [3.8, 4) is 11.5 Å². The first kappa shape index (κ1) is 10.5. The van der Waals surface area contributed by atoms with E-state index in [0.717, 1.165) is 0 Å². The van der Waals surface area contributed by atoms with Crippen LogP contribution in [0, 0.1) is 6.92 Å². The van der Waals surface area contributed by atoms with Crippen molar-refractivity contribution in [2.45, 2.75) is 13.8 Å². The third-order valence-electron chi connectivity index (χ3n) is 2.76. The van der Waals surface area contributed by atoms with Crippen LogP contribution in [0.15, 0.2) is 24.3 Å². The van der Waals surface area contributed by atoms with Gasteiger partial charge in [-0.3, -0.25) is 4.79 Å². The minimum atomic E-state index is -0.254. The highest BCUT2D eigenvalue weighted by Gasteiger charge is 2.18. The summed E-state index contributed by atoms with van der Waals surface area (Å²) in [4.78, 5) is 11.4. The van der Waals surface area contributed by atoms with Crippen molar-refractivity contribution in [1.29, 1.82) is 0 Å². The van der Waals surface area contributed by atoms with Crippen molar-refractivity contribution in [2.75, 3.05) is 0 Å². The number of ketones is 1. The Morgan fingerprint density at radius 3 is 2.06 bits per heavy atom. The van der Waals surface area contributed by atoms with Gasteiger partial charge in [-0.15, -0.1) is 0 Å². The molecule has 0 aliphatic heterocycles. The van der Waals surface area contributed by atoms with Gasteiger partial charge in [-0.05, 0) is 13.8 Å². The van der Waals surface area contributed by atoms with Crippen LogP contribution < -0.4 is 0 Å². The van der Waals surface area contributed by atoms with E-state index in [2.05, 4.69) is 0 Å². The zero-order valence-electron chi connectivity index (χ0n) is 9.11. The highest BCUT2D eigenvalue weighted by atomic mass is 16.3. The second-order valence-electron chi connectivity index (χ2n) is 3.80. The maximum absolute atomic E-state index is 11.4. The zero-order valence-corrected chi connectivity index (χ0v) is 9.11. The molecule has 0 atom stereocenters. The van der Waals surface area contributed by atoms with Gasteiger partial charge >= 0.3 is 0 Å². The van der Waals surface area contributed by atoms with E-state index in [4.69, 9.17) is 0 Å². The molecule has 16 heavy (non-hydrogen) atoms. The number of rotatable bonds is 1. The van der Waals surface area contributed by atoms with Gasteiger partial charge in [0.2, 0.25) is 0 Å². The number of carbonyl (C=O) groups excluding carboxylic acids is 1. The lowest BCUT2D eigenvalue weighted by molar-refractivity contribution is 0.101. The molecule has 0 heterocycles. The normalized spacial score (nSPS) is 10.6. The number of phenols is 2. The molecule has 0 spiro atoms. The van der Waals surface area contributed by atoms with Crippen LogP contribution in [-0.4, -0.2) is 16.0 Å². The molecule has 3 nitrogen and oxygen atoms in total. The van der Waals surface area contributed by atoms with Crippen LogP contribution in [0.5, 0.6) is 11.5 Å². The van der Waals surface area contributed by atoms with Gasteiger partial charge in [0.1, 0.15) is 11.5 Å². The highest BCUT2D eigenvalue weighted by molar-refractivity contribution is 6.07. The molecule has 0 fully saturated rings. The molecule has 2 aromatic rings. The number of phenolic OH excluding ortho intramolecular Hbond substituents is 2. The van der Waals surface area contributed by atoms with E-state index >= 15 is 0 Å². The summed E-state index contributed by atoms with van der Waals surface area (Å²) in [5, 5.41) is 21.0. The number of carbonyl (C=O) groups is 1. The molecular weight excluding hydrogens is 204 g/mol. The van der Waals surface area contributed by atoms with Crippen molar-refractivity contribution in [2.24, 2.45) is 0 Å². The minimum Gasteiger partial charge on any atom is -0.507 e. The molecule has 2 aromatic carbocycles. The molecule has 0 aromatic heterocycles. The second-order valence-corrected chi connectivity index (χ2v) is 3.80. The Morgan fingerprint density at radius 1 is 1.06 bits per heavy atom. The quantitative estimate of drug-likeness (QED) is 0.569. The minimum absolute atomic E-state index is 0.0543. The van der Waals surface area contributed by atoms with E-state index in [1.807, 2.05) is 0 Å². The van der Waals surface area contributed by atoms with Crippen LogP contribution in [0.1, 0.15) is 22.8 Å². The highest BCUT2D eigenvalue weighted by Crippen LogP contribution is 2.38. The van der Waals surface area contributed by atoms with E-state index in [1.165, 1.54) is 6.92 Å². The first-order valence-electron chi connectivity index (χ1n) is 4.98. The van der Waals surface area contributed by atoms with Crippen molar-refractivity contribution >= 4 is 16.6 Å². The van der Waals surface area contributed by atoms with E-state index in [9.17, 15) is 15.0 Å². The third-order valence-corrected chi connectivity index (χ3v) is 2.76. The van der Waals surface area contributed by atoms with Crippen LogP contribution in [0.4, 0.5) is 0 Å². The van der Waals surface area contributed by atoms with Gasteiger partial charge in [-0.1, -0.05) is 24.3 Å². The number of hydrogen-bond donors (Lipinski definition) is 2. The molecule has 0 aliphatic rings. The molecule has 0 saturated heterocycles. The largest absolute Gasteiger partial charge is 0.507 e. The molecule has 0 bridgehead atoms. The summed E-state index contributed by atoms with van der Waals surface area (Å²) in [5.74, 6) is -0.256. The SMILES string of the molecule is CC(=O)c1c(C)c(O)c2ccccc2c1O. The Hall–Kier alpha value is -2.03. The van der Waals surface area contributed by atoms with Gasteiger partial charge in [-0.2, -0.15) is 0 Å². The maximum atomic E-state index is 11.4. The summed E-state index contributed by atoms with van der Waals surface area (Å²) >= 11 is 0. The fourth-order valence-corrected chi connectivity index (χ4v) is 1.96. The summed E-state index contributed by atoms with van der Waals surface area (Å²) in [7, 11) is 0. The predicted molar refractivity (Wildman–Crippen MR) is 62.0 cm³/mol. The molecule has 0 aliphatic carbocycles. The zero-order chi connectivity index (χ0) is 11.9. The molecule has 0 amide bonds. The first-order valence-corrected chi connectivity index (χ1v) is 4.98. The van der Waals surface area contributed by atoms with Crippen LogP contribution in [0.3, 0.4) is 0 Å². The first-order chi connectivity index (χ1) is 7.54. The summed E-state index contributed by atoms with van der Waals surface area (Å²) in [6.07, 6.45) is 0. The van der Waals surface area contributed by atoms with E-state index in [0.29, 0.717) is 16.3 Å². The Morgan fingerprint density at radius 2 is 1.56 bits per heavy atom. The summed E-state index contributed by atoms with van der Waals surface area (Å²) < 4.78 is 0. The van der Waals surface area contributed by atoms with Gasteiger partial charge in [0.05, 0.1) is 5.56 Å².